The van der Waals surface area contributed by atoms with Crippen LogP contribution in [0.4, 0.5) is 0 Å². The van der Waals surface area contributed by atoms with Crippen molar-refractivity contribution in [3.63, 3.8) is 0 Å². The zero-order valence-electron chi connectivity index (χ0n) is 22.7. The van der Waals surface area contributed by atoms with Gasteiger partial charge in [-0.3, -0.25) is 0 Å². The Kier molecular flexibility index (Phi) is 10.5. The van der Waals surface area contributed by atoms with E-state index in [9.17, 15) is 55.9 Å². The number of carboxylic acids is 1. The molecule has 0 aliphatic carbocycles. The summed E-state index contributed by atoms with van der Waals surface area (Å²) in [6, 6.07) is 0. The van der Waals surface area contributed by atoms with Crippen molar-refractivity contribution in [3.05, 3.63) is 11.8 Å². The van der Waals surface area contributed by atoms with Crippen LogP contribution in [0.25, 0.3) is 0 Å². The maximum absolute atomic E-state index is 11.4. The van der Waals surface area contributed by atoms with E-state index in [2.05, 4.69) is 0 Å². The van der Waals surface area contributed by atoms with Gasteiger partial charge in [-0.15, -0.1) is 0 Å². The molecule has 4 aliphatic rings. The minimum absolute atomic E-state index is 0.741. The summed E-state index contributed by atoms with van der Waals surface area (Å²) in [6.07, 6.45) is -27.2. The van der Waals surface area contributed by atoms with Crippen LogP contribution >= 0.6 is 0 Å². The van der Waals surface area contributed by atoms with Crippen LogP contribution in [0.5, 0.6) is 0 Å². The lowest BCUT2D eigenvalue weighted by Crippen LogP contribution is -2.65. The Morgan fingerprint density at radius 1 is 0.595 bits per heavy atom. The quantitative estimate of drug-likeness (QED) is 0.128. The molecule has 0 amide bonds. The maximum Gasteiger partial charge on any atom is 0.371 e. The summed E-state index contributed by atoms with van der Waals surface area (Å²) in [7, 11) is 0. The Morgan fingerprint density at radius 3 is 1.71 bits per heavy atom. The van der Waals surface area contributed by atoms with Gasteiger partial charge in [-0.05, 0) is 26.8 Å². The van der Waals surface area contributed by atoms with Gasteiger partial charge < -0.3 is 84.2 Å². The van der Waals surface area contributed by atoms with E-state index in [1.807, 2.05) is 0 Å². The Hall–Kier alpha value is -1.59. The van der Waals surface area contributed by atoms with Crippen LogP contribution < -0.4 is 0 Å². The molecule has 18 atom stereocenters. The summed E-state index contributed by atoms with van der Waals surface area (Å²) >= 11 is 0. The highest BCUT2D eigenvalue weighted by Crippen LogP contribution is 2.34. The van der Waals surface area contributed by atoms with E-state index in [0.29, 0.717) is 0 Å². The molecule has 10 N–H and O–H groups in total. The van der Waals surface area contributed by atoms with Gasteiger partial charge in [-0.1, -0.05) is 0 Å². The summed E-state index contributed by atoms with van der Waals surface area (Å²) in [4.78, 5) is 11.4. The predicted molar refractivity (Wildman–Crippen MR) is 128 cm³/mol. The van der Waals surface area contributed by atoms with Crippen LogP contribution in [0.2, 0.25) is 0 Å². The molecule has 0 aromatic carbocycles. The van der Waals surface area contributed by atoms with Gasteiger partial charge in [0.1, 0.15) is 67.1 Å². The van der Waals surface area contributed by atoms with Gasteiger partial charge in [0.2, 0.25) is 12.0 Å². The summed E-state index contributed by atoms with van der Waals surface area (Å²) in [6.45, 7) is 4.25. The monoisotopic (exact) mass is 614 g/mol. The molecule has 42 heavy (non-hydrogen) atoms. The third-order valence-corrected chi connectivity index (χ3v) is 7.64. The standard InChI is InChI=1S/C24H38O18/c1-5-10(26)12(28)19(42-22-11(27)8(25)4-9(39-22)20(33)34)24(37-5)41-18-7(3)38-23(16(32)14(18)30)40-17-6(2)36-21(35)15(31)13(17)29/h4-8,10-19,21-32,35H,1-3H3,(H,33,34)/t5-,6-,7-,8+,10-,11-,12+,13-,14-,15-,16-,17-,18-,19-,21?,22-,23+,24+/m1/s1. The SMILES string of the molecule is C[C@H]1O[C@@H](O[C@H]2[C@H](O)[C@@H](O)[C@H](O[C@H]3[C@H](O)[C@@H](O)C(O)O[C@@H]3C)O[C@@H]2C)[C@H](O[C@H]2OC(C(=O)O)=C[C@H](O)[C@H]2O)[C@@H](O)[C@@H]1O. The fraction of sp³-hybridized carbons (Fsp3) is 0.875. The van der Waals surface area contributed by atoms with Gasteiger partial charge in [-0.2, -0.15) is 0 Å². The van der Waals surface area contributed by atoms with E-state index >= 15 is 0 Å². The molecule has 0 spiro atoms. The van der Waals surface area contributed by atoms with E-state index in [1.165, 1.54) is 20.8 Å². The third kappa shape index (κ3) is 6.58. The molecule has 242 valence electrons. The second-order valence-electron chi connectivity index (χ2n) is 10.7. The van der Waals surface area contributed by atoms with Crippen molar-refractivity contribution in [2.24, 2.45) is 0 Å². The minimum atomic E-state index is -1.86. The molecule has 1 unspecified atom stereocenters. The number of aliphatic hydroxyl groups is 9. The second-order valence-corrected chi connectivity index (χ2v) is 10.7. The predicted octanol–water partition coefficient (Wildman–Crippen LogP) is -5.42. The van der Waals surface area contributed by atoms with Gasteiger partial charge in [0.15, 0.2) is 18.9 Å². The Balaban J connectivity index is 1.48. The number of rotatable bonds is 7. The smallest absolute Gasteiger partial charge is 0.371 e. The highest BCUT2D eigenvalue weighted by atomic mass is 16.8. The largest absolute Gasteiger partial charge is 0.475 e. The Labute approximate surface area is 238 Å². The van der Waals surface area contributed by atoms with E-state index in [1.54, 1.807) is 0 Å². The average Bonchev–Trinajstić information content (AvgIpc) is 2.93. The normalized spacial score (nSPS) is 51.9. The van der Waals surface area contributed by atoms with E-state index in [0.717, 1.165) is 6.08 Å². The lowest BCUT2D eigenvalue weighted by molar-refractivity contribution is -0.381. The van der Waals surface area contributed by atoms with Crippen molar-refractivity contribution in [2.75, 3.05) is 0 Å². The van der Waals surface area contributed by atoms with Crippen molar-refractivity contribution in [1.82, 2.24) is 0 Å². The van der Waals surface area contributed by atoms with Gasteiger partial charge >= 0.3 is 5.97 Å². The number of carbonyl (C=O) groups is 1. The number of aliphatic hydroxyl groups excluding tert-OH is 9. The first-order valence-electron chi connectivity index (χ1n) is 13.3. The molecular weight excluding hydrogens is 576 g/mol. The molecule has 0 aromatic heterocycles. The molecule has 0 bridgehead atoms. The zero-order chi connectivity index (χ0) is 31.2. The molecule has 4 rings (SSSR count). The summed E-state index contributed by atoms with van der Waals surface area (Å²) < 4.78 is 38.5. The Morgan fingerprint density at radius 2 is 1.10 bits per heavy atom. The number of carboxylic acid groups (broad SMARTS) is 1. The molecule has 3 fully saturated rings. The first-order valence-corrected chi connectivity index (χ1v) is 13.3. The molecule has 4 aliphatic heterocycles. The fourth-order valence-electron chi connectivity index (χ4n) is 5.12. The van der Waals surface area contributed by atoms with Crippen LogP contribution in [0.3, 0.4) is 0 Å². The molecule has 4 heterocycles. The number of hydrogen-bond donors (Lipinski definition) is 10. The van der Waals surface area contributed by atoms with Gasteiger partial charge in [0.25, 0.3) is 0 Å². The van der Waals surface area contributed by atoms with Gasteiger partial charge in [0, 0.05) is 0 Å². The molecule has 0 aromatic rings. The highest BCUT2D eigenvalue weighted by Gasteiger charge is 2.53. The molecular formula is C24H38O18. The highest BCUT2D eigenvalue weighted by molar-refractivity contribution is 5.84. The van der Waals surface area contributed by atoms with Gasteiger partial charge in [0.05, 0.1) is 18.3 Å². The molecule has 18 nitrogen and oxygen atoms in total. The van der Waals surface area contributed by atoms with Crippen molar-refractivity contribution in [1.29, 1.82) is 0 Å². The second kappa shape index (κ2) is 13.2. The van der Waals surface area contributed by atoms with Crippen molar-refractivity contribution in [3.8, 4) is 0 Å². The lowest BCUT2D eigenvalue weighted by atomic mass is 9.96. The molecule has 3 saturated heterocycles. The van der Waals surface area contributed by atoms with Crippen LogP contribution in [-0.2, 0) is 38.0 Å². The van der Waals surface area contributed by atoms with Gasteiger partial charge in [-0.25, -0.2) is 4.79 Å². The first-order chi connectivity index (χ1) is 19.6. The van der Waals surface area contributed by atoms with Crippen LogP contribution in [0.15, 0.2) is 11.8 Å². The molecule has 18 heteroatoms. The Bertz CT molecular complexity index is 966. The fourth-order valence-corrected chi connectivity index (χ4v) is 5.12. The first kappa shape index (κ1) is 33.3. The summed E-state index contributed by atoms with van der Waals surface area (Å²) in [5, 5.41) is 102. The zero-order valence-corrected chi connectivity index (χ0v) is 22.7. The van der Waals surface area contributed by atoms with Crippen LogP contribution in [-0.4, -0.2) is 168 Å². The van der Waals surface area contributed by atoms with E-state index in [-0.39, 0.29) is 0 Å². The third-order valence-electron chi connectivity index (χ3n) is 7.64. The maximum atomic E-state index is 11.4. The lowest BCUT2D eigenvalue weighted by Gasteiger charge is -2.48. The molecule has 0 saturated carbocycles. The summed E-state index contributed by atoms with van der Waals surface area (Å²) in [5.41, 5.74) is 0. The summed E-state index contributed by atoms with van der Waals surface area (Å²) in [5.74, 6) is -2.33. The van der Waals surface area contributed by atoms with E-state index in [4.69, 9.17) is 33.2 Å². The topological polar surface area (TPSA) is 284 Å². The minimum Gasteiger partial charge on any atom is -0.475 e. The number of ether oxygens (including phenoxy) is 7. The van der Waals surface area contributed by atoms with Crippen LogP contribution in [0, 0.1) is 0 Å². The van der Waals surface area contributed by atoms with Crippen molar-refractivity contribution in [2.45, 2.75) is 131 Å². The van der Waals surface area contributed by atoms with Crippen molar-refractivity contribution < 1.29 is 89.0 Å². The van der Waals surface area contributed by atoms with Crippen LogP contribution in [0.1, 0.15) is 20.8 Å². The average molecular weight is 615 g/mol. The molecule has 0 radical (unpaired) electrons. The van der Waals surface area contributed by atoms with E-state index < -0.39 is 122 Å². The number of hydrogen-bond acceptors (Lipinski definition) is 17. The number of aliphatic carboxylic acids is 1. The van der Waals surface area contributed by atoms with Crippen molar-refractivity contribution >= 4 is 5.97 Å².